The number of aromatic nitrogens is 1. The fraction of sp³-hybridized carbons (Fsp3) is 0.154. The predicted molar refractivity (Wildman–Crippen MR) is 65.0 cm³/mol. The predicted octanol–water partition coefficient (Wildman–Crippen LogP) is 4.65. The molecule has 0 aliphatic rings. The van der Waals surface area contributed by atoms with Gasteiger partial charge in [-0.25, -0.2) is 0 Å². The highest BCUT2D eigenvalue weighted by molar-refractivity contribution is 6.31. The summed E-state index contributed by atoms with van der Waals surface area (Å²) in [5, 5.41) is 0.452. The van der Waals surface area contributed by atoms with Crippen LogP contribution in [0.15, 0.2) is 18.2 Å². The Morgan fingerprint density at radius 2 is 1.70 bits per heavy atom. The summed E-state index contributed by atoms with van der Waals surface area (Å²) in [6.07, 6.45) is 0.556. The van der Waals surface area contributed by atoms with Crippen LogP contribution in [-0.4, -0.2) is 4.98 Å². The number of aryl methyl sites for hydroxylation is 1. The third-order valence-electron chi connectivity index (χ3n) is 2.58. The van der Waals surface area contributed by atoms with Gasteiger partial charge in [-0.2, -0.15) is 22.5 Å². The second kappa shape index (κ2) is 5.66. The van der Waals surface area contributed by atoms with Crippen molar-refractivity contribution in [2.45, 2.75) is 13.3 Å². The molecule has 2 nitrogen and oxygen atoms in total. The van der Waals surface area contributed by atoms with E-state index in [1.165, 1.54) is 18.2 Å². The number of hydrogen-bond acceptors (Lipinski definition) is 2. The molecule has 1 aromatic heterocycles. The molecule has 0 saturated carbocycles. The summed E-state index contributed by atoms with van der Waals surface area (Å²) < 4.78 is 57.5. The number of pyridine rings is 1. The van der Waals surface area contributed by atoms with Crippen LogP contribution in [0.5, 0.6) is 11.5 Å². The van der Waals surface area contributed by atoms with Crippen LogP contribution in [0.2, 0.25) is 5.02 Å². The molecular formula is C13H8ClF4NO. The number of ether oxygens (including phenoxy) is 1. The first kappa shape index (κ1) is 14.6. The lowest BCUT2D eigenvalue weighted by Crippen LogP contribution is -2.03. The largest absolute Gasteiger partial charge is 0.451 e. The molecule has 0 unspecified atom stereocenters. The number of halogens is 5. The van der Waals surface area contributed by atoms with Gasteiger partial charge in [0.1, 0.15) is 5.75 Å². The molecule has 20 heavy (non-hydrogen) atoms. The van der Waals surface area contributed by atoms with E-state index >= 15 is 0 Å². The van der Waals surface area contributed by atoms with Crippen LogP contribution in [0.4, 0.5) is 17.6 Å². The van der Waals surface area contributed by atoms with Gasteiger partial charge >= 0.3 is 0 Å². The molecule has 0 N–H and O–H groups in total. The van der Waals surface area contributed by atoms with Gasteiger partial charge in [0.15, 0.2) is 0 Å². The Morgan fingerprint density at radius 3 is 2.25 bits per heavy atom. The zero-order valence-corrected chi connectivity index (χ0v) is 10.9. The molecule has 0 fully saturated rings. The molecule has 7 heteroatoms. The van der Waals surface area contributed by atoms with E-state index in [4.69, 9.17) is 16.3 Å². The van der Waals surface area contributed by atoms with Gasteiger partial charge in [-0.3, -0.25) is 0 Å². The Kier molecular flexibility index (Phi) is 4.13. The second-order valence-corrected chi connectivity index (χ2v) is 4.27. The Balaban J connectivity index is 2.45. The molecule has 0 aliphatic carbocycles. The first-order valence-corrected chi connectivity index (χ1v) is 5.98. The van der Waals surface area contributed by atoms with Gasteiger partial charge in [-0.05, 0) is 30.2 Å². The smallest absolute Gasteiger partial charge is 0.255 e. The molecule has 0 saturated heterocycles. The third kappa shape index (κ3) is 2.70. The molecule has 0 amide bonds. The Hall–Kier alpha value is -1.82. The van der Waals surface area contributed by atoms with Gasteiger partial charge in [-0.1, -0.05) is 18.5 Å². The molecule has 2 rings (SSSR count). The van der Waals surface area contributed by atoms with Gasteiger partial charge in [0, 0.05) is 5.02 Å². The molecule has 0 radical (unpaired) electrons. The highest BCUT2D eigenvalue weighted by Gasteiger charge is 2.23. The van der Waals surface area contributed by atoms with E-state index in [-0.39, 0.29) is 5.75 Å². The van der Waals surface area contributed by atoms with Gasteiger partial charge in [0.05, 0.1) is 0 Å². The maximum absolute atomic E-state index is 13.4. The highest BCUT2D eigenvalue weighted by Crippen LogP contribution is 2.31. The number of rotatable bonds is 3. The minimum Gasteiger partial charge on any atom is -0.451 e. The summed E-state index contributed by atoms with van der Waals surface area (Å²) in [5.74, 6) is -8.12. The summed E-state index contributed by atoms with van der Waals surface area (Å²) in [6, 6.07) is 4.22. The lowest BCUT2D eigenvalue weighted by Gasteiger charge is -2.10. The number of benzene rings is 1. The van der Waals surface area contributed by atoms with Crippen LogP contribution in [-0.2, 0) is 6.42 Å². The maximum Gasteiger partial charge on any atom is 0.255 e. The first-order valence-electron chi connectivity index (χ1n) is 5.60. The molecule has 106 valence electrons. The number of hydrogen-bond donors (Lipinski definition) is 0. The van der Waals surface area contributed by atoms with Crippen molar-refractivity contribution < 1.29 is 22.3 Å². The topological polar surface area (TPSA) is 22.1 Å². The van der Waals surface area contributed by atoms with Gasteiger partial charge in [0.2, 0.25) is 17.4 Å². The summed E-state index contributed by atoms with van der Waals surface area (Å²) in [4.78, 5) is 2.44. The molecule has 0 atom stereocenters. The first-order chi connectivity index (χ1) is 9.43. The molecule has 1 heterocycles. The fourth-order valence-corrected chi connectivity index (χ4v) is 1.81. The minimum atomic E-state index is -1.77. The van der Waals surface area contributed by atoms with Crippen molar-refractivity contribution in [2.24, 2.45) is 0 Å². The zero-order valence-electron chi connectivity index (χ0n) is 10.2. The zero-order chi connectivity index (χ0) is 14.9. The Bertz CT molecular complexity index is 637. The van der Waals surface area contributed by atoms with Gasteiger partial charge < -0.3 is 4.74 Å². The molecule has 0 bridgehead atoms. The van der Waals surface area contributed by atoms with Crippen LogP contribution < -0.4 is 4.74 Å². The quantitative estimate of drug-likeness (QED) is 0.608. The normalized spacial score (nSPS) is 10.7. The summed E-state index contributed by atoms with van der Waals surface area (Å²) in [5.41, 5.74) is 0.667. The van der Waals surface area contributed by atoms with Crippen LogP contribution in [0, 0.1) is 23.5 Å². The molecule has 0 aliphatic heterocycles. The minimum absolute atomic E-state index is 0.00838. The van der Waals surface area contributed by atoms with Crippen LogP contribution >= 0.6 is 11.6 Å². The Labute approximate surface area is 117 Å². The van der Waals surface area contributed by atoms with E-state index in [0.29, 0.717) is 17.0 Å². The molecule has 2 aromatic rings. The van der Waals surface area contributed by atoms with Crippen molar-refractivity contribution in [3.05, 3.63) is 52.3 Å². The standard InChI is InChI=1S/C13H8ClF4NO/c1-2-6-5-7(3-4-8(6)14)20-11-9(15)12(17)19-13(18)10(11)16/h3-5H,2H2,1H3. The van der Waals surface area contributed by atoms with E-state index in [0.717, 1.165) is 0 Å². The summed E-state index contributed by atoms with van der Waals surface area (Å²) >= 11 is 5.88. The lowest BCUT2D eigenvalue weighted by molar-refractivity contribution is 0.343. The van der Waals surface area contributed by atoms with Crippen LogP contribution in [0.3, 0.4) is 0 Å². The van der Waals surface area contributed by atoms with E-state index in [2.05, 4.69) is 4.98 Å². The third-order valence-corrected chi connectivity index (χ3v) is 2.94. The van der Waals surface area contributed by atoms with Crippen molar-refractivity contribution in [3.63, 3.8) is 0 Å². The monoisotopic (exact) mass is 305 g/mol. The Morgan fingerprint density at radius 1 is 1.10 bits per heavy atom. The van der Waals surface area contributed by atoms with E-state index in [9.17, 15) is 17.6 Å². The van der Waals surface area contributed by atoms with Crippen LogP contribution in [0.25, 0.3) is 0 Å². The average molecular weight is 306 g/mol. The SMILES string of the molecule is CCc1cc(Oc2c(F)c(F)nc(F)c2F)ccc1Cl. The van der Waals surface area contributed by atoms with Gasteiger partial charge in [-0.15, -0.1) is 0 Å². The van der Waals surface area contributed by atoms with E-state index < -0.39 is 29.3 Å². The number of nitrogens with zero attached hydrogens (tertiary/aromatic N) is 1. The van der Waals surface area contributed by atoms with Gasteiger partial charge in [0.25, 0.3) is 11.9 Å². The van der Waals surface area contributed by atoms with E-state index in [1.807, 2.05) is 6.92 Å². The molecule has 0 spiro atoms. The van der Waals surface area contributed by atoms with Crippen LogP contribution in [0.1, 0.15) is 12.5 Å². The van der Waals surface area contributed by atoms with E-state index in [1.54, 1.807) is 0 Å². The molecule has 1 aromatic carbocycles. The van der Waals surface area contributed by atoms with Crippen molar-refractivity contribution in [1.82, 2.24) is 4.98 Å². The summed E-state index contributed by atoms with van der Waals surface area (Å²) in [6.45, 7) is 1.82. The average Bonchev–Trinajstić information content (AvgIpc) is 2.43. The fourth-order valence-electron chi connectivity index (χ4n) is 1.56. The van der Waals surface area contributed by atoms with Crippen molar-refractivity contribution >= 4 is 11.6 Å². The van der Waals surface area contributed by atoms with Crippen molar-refractivity contribution in [1.29, 1.82) is 0 Å². The highest BCUT2D eigenvalue weighted by atomic mass is 35.5. The van der Waals surface area contributed by atoms with Crippen molar-refractivity contribution in [2.75, 3.05) is 0 Å². The second-order valence-electron chi connectivity index (χ2n) is 3.86. The lowest BCUT2D eigenvalue weighted by atomic mass is 10.1. The summed E-state index contributed by atoms with van der Waals surface area (Å²) in [7, 11) is 0. The van der Waals surface area contributed by atoms with Crippen molar-refractivity contribution in [3.8, 4) is 11.5 Å². The molecular weight excluding hydrogens is 298 g/mol. The maximum atomic E-state index is 13.4.